The number of carbonyl (C=O) groups excluding carboxylic acids is 2. The van der Waals surface area contributed by atoms with Crippen molar-refractivity contribution in [2.75, 3.05) is 0 Å². The predicted octanol–water partition coefficient (Wildman–Crippen LogP) is -6.01. The number of hydrogen-bond donors (Lipinski definition) is 0. The van der Waals surface area contributed by atoms with Crippen LogP contribution in [0.1, 0.15) is 5.56 Å². The van der Waals surface area contributed by atoms with Crippen molar-refractivity contribution < 1.29 is 83.7 Å². The topological polar surface area (TPSA) is 107 Å². The third-order valence-corrected chi connectivity index (χ3v) is 3.78. The molecule has 0 radical (unpaired) electrons. The van der Waals surface area contributed by atoms with Crippen LogP contribution >= 0.6 is 11.6 Å². The molecule has 1 aromatic heterocycles. The van der Waals surface area contributed by atoms with Crippen LogP contribution in [-0.4, -0.2) is 27.8 Å². The maximum Gasteiger partial charge on any atom is 1.00 e. The van der Waals surface area contributed by atoms with Crippen LogP contribution in [0.15, 0.2) is 48.5 Å². The molecular weight excluding hydrogens is 394 g/mol. The average Bonchev–Trinajstić information content (AvgIpc) is 2.92. The third kappa shape index (κ3) is 5.71. The zero-order valence-corrected chi connectivity index (χ0v) is 19.5. The number of fused-ring (bicyclic) bond motifs is 1. The van der Waals surface area contributed by atoms with Crippen molar-refractivity contribution in [3.05, 3.63) is 59.1 Å². The number of carboxylic acids is 2. The van der Waals surface area contributed by atoms with Crippen molar-refractivity contribution in [1.82, 2.24) is 9.78 Å². The number of rotatable bonds is 6. The molecule has 7 nitrogen and oxygen atoms in total. The van der Waals surface area contributed by atoms with Gasteiger partial charge in [0.05, 0.1) is 29.4 Å². The number of aromatic nitrogens is 2. The van der Waals surface area contributed by atoms with Crippen molar-refractivity contribution in [1.29, 1.82) is 0 Å². The van der Waals surface area contributed by atoms with Gasteiger partial charge in [0.1, 0.15) is 0 Å². The van der Waals surface area contributed by atoms with E-state index in [9.17, 15) is 19.8 Å². The van der Waals surface area contributed by atoms with E-state index in [1.165, 1.54) is 0 Å². The molecule has 0 aliphatic rings. The Kier molecular flexibility index (Phi) is 9.30. The van der Waals surface area contributed by atoms with Gasteiger partial charge < -0.3 is 24.5 Å². The zero-order valence-electron chi connectivity index (χ0n) is 14.7. The second-order valence-corrected chi connectivity index (χ2v) is 5.68. The summed E-state index contributed by atoms with van der Waals surface area (Å²) in [5, 5.41) is 27.1. The summed E-state index contributed by atoms with van der Waals surface area (Å²) in [6.07, 6.45) is -2.25. The molecule has 3 aromatic rings. The van der Waals surface area contributed by atoms with Gasteiger partial charge in [0, 0.05) is 5.02 Å². The van der Waals surface area contributed by atoms with Crippen LogP contribution in [0.3, 0.4) is 0 Å². The number of aliphatic carboxylic acids is 2. The van der Waals surface area contributed by atoms with Gasteiger partial charge in [-0.15, -0.1) is 5.10 Å². The summed E-state index contributed by atoms with van der Waals surface area (Å²) >= 11 is 5.86. The molecule has 0 saturated heterocycles. The van der Waals surface area contributed by atoms with Crippen molar-refractivity contribution in [3.63, 3.8) is 0 Å². The fourth-order valence-electron chi connectivity index (χ4n) is 2.37. The van der Waals surface area contributed by atoms with Gasteiger partial charge in [-0.2, -0.15) is 0 Å². The molecule has 0 atom stereocenters. The molecule has 0 saturated carbocycles. The molecule has 128 valence electrons. The number of hydrogen-bond acceptors (Lipinski definition) is 6. The van der Waals surface area contributed by atoms with Gasteiger partial charge in [-0.1, -0.05) is 35.9 Å². The molecule has 0 aliphatic heterocycles. The van der Waals surface area contributed by atoms with E-state index in [0.29, 0.717) is 22.5 Å². The van der Waals surface area contributed by atoms with Gasteiger partial charge in [0.2, 0.25) is 5.88 Å². The van der Waals surface area contributed by atoms with Crippen LogP contribution in [-0.2, 0) is 16.1 Å². The minimum Gasteiger partial charge on any atom is -0.546 e. The van der Waals surface area contributed by atoms with Crippen molar-refractivity contribution >= 4 is 34.4 Å². The molecule has 1 heterocycles. The molecule has 0 amide bonds. The van der Waals surface area contributed by atoms with E-state index in [-0.39, 0.29) is 65.0 Å². The minimum atomic E-state index is -2.25. The van der Waals surface area contributed by atoms with Gasteiger partial charge in [-0.3, -0.25) is 4.68 Å². The first-order valence-electron chi connectivity index (χ1n) is 7.24. The van der Waals surface area contributed by atoms with E-state index in [1.54, 1.807) is 41.1 Å². The summed E-state index contributed by atoms with van der Waals surface area (Å²) in [6.45, 7) is 0.363. The Morgan fingerprint density at radius 2 is 1.63 bits per heavy atom. The zero-order chi connectivity index (χ0) is 18.0. The summed E-state index contributed by atoms with van der Waals surface area (Å²) < 4.78 is 6.59. The Hall–Kier alpha value is -1.06. The Morgan fingerprint density at radius 3 is 2.22 bits per heavy atom. The fourth-order valence-corrected chi connectivity index (χ4v) is 2.50. The fraction of sp³-hybridized carbons (Fsp3) is 0.118. The molecule has 0 aliphatic carbocycles. The second kappa shape index (κ2) is 10.5. The molecular formula is C17H11ClN2Na2O5. The maximum absolute atomic E-state index is 10.9. The normalized spacial score (nSPS) is 10.1. The molecule has 10 heteroatoms. The van der Waals surface area contributed by atoms with Crippen molar-refractivity contribution in [2.24, 2.45) is 0 Å². The Bertz CT molecular complexity index is 932. The minimum absolute atomic E-state index is 0. The smallest absolute Gasteiger partial charge is 0.546 e. The Labute approximate surface area is 203 Å². The molecule has 0 fully saturated rings. The van der Waals surface area contributed by atoms with E-state index in [4.69, 9.17) is 16.3 Å². The molecule has 0 unspecified atom stereocenters. The van der Waals surface area contributed by atoms with Crippen LogP contribution in [0, 0.1) is 0 Å². The number of benzene rings is 2. The molecule has 0 N–H and O–H groups in total. The summed E-state index contributed by atoms with van der Waals surface area (Å²) in [5.74, 6) is -3.93. The average molecular weight is 405 g/mol. The van der Waals surface area contributed by atoms with Crippen LogP contribution < -0.4 is 74.1 Å². The molecule has 0 spiro atoms. The van der Waals surface area contributed by atoms with E-state index in [1.807, 2.05) is 12.1 Å². The van der Waals surface area contributed by atoms with Crippen LogP contribution in [0.5, 0.6) is 5.88 Å². The Morgan fingerprint density at radius 1 is 1.04 bits per heavy atom. The first-order valence-corrected chi connectivity index (χ1v) is 7.62. The largest absolute Gasteiger partial charge is 1.00 e. The van der Waals surface area contributed by atoms with E-state index < -0.39 is 18.0 Å². The van der Waals surface area contributed by atoms with Gasteiger partial charge in [0.25, 0.3) is 0 Å². The number of carbonyl (C=O) groups is 2. The van der Waals surface area contributed by atoms with E-state index in [2.05, 4.69) is 5.10 Å². The summed E-state index contributed by atoms with van der Waals surface area (Å²) in [5.41, 5.74) is 1.56. The second-order valence-electron chi connectivity index (χ2n) is 5.24. The van der Waals surface area contributed by atoms with E-state index in [0.717, 1.165) is 5.56 Å². The molecule has 2 aromatic carbocycles. The first kappa shape index (κ1) is 24.0. The number of carboxylic acid groups (broad SMARTS) is 2. The summed E-state index contributed by atoms with van der Waals surface area (Å²) in [6, 6.07) is 14.0. The predicted molar refractivity (Wildman–Crippen MR) is 84.7 cm³/mol. The number of para-hydroxylation sites is 1. The maximum atomic E-state index is 10.9. The Balaban J connectivity index is 0.00000182. The van der Waals surface area contributed by atoms with Crippen LogP contribution in [0.4, 0.5) is 0 Å². The van der Waals surface area contributed by atoms with Gasteiger partial charge in [0.15, 0.2) is 6.10 Å². The van der Waals surface area contributed by atoms with Crippen molar-refractivity contribution in [3.8, 4) is 5.88 Å². The number of halogens is 1. The van der Waals surface area contributed by atoms with Crippen LogP contribution in [0.25, 0.3) is 10.9 Å². The molecule has 3 rings (SSSR count). The number of ether oxygens (including phenoxy) is 1. The monoisotopic (exact) mass is 404 g/mol. The van der Waals surface area contributed by atoms with Gasteiger partial charge in [-0.05, 0) is 29.8 Å². The summed E-state index contributed by atoms with van der Waals surface area (Å²) in [7, 11) is 0. The SMILES string of the molecule is O=C([O-])C(Oc1nn(Cc2ccc(Cl)cc2)c2ccccc12)C(=O)[O-].[Na+].[Na+]. The van der Waals surface area contributed by atoms with E-state index >= 15 is 0 Å². The number of nitrogens with zero attached hydrogens (tertiary/aromatic N) is 2. The molecule has 0 bridgehead atoms. The van der Waals surface area contributed by atoms with Crippen LogP contribution in [0.2, 0.25) is 5.02 Å². The molecule has 27 heavy (non-hydrogen) atoms. The van der Waals surface area contributed by atoms with Gasteiger partial charge >= 0.3 is 59.1 Å². The first-order chi connectivity index (χ1) is 12.0. The standard InChI is InChI=1S/C17H13ClN2O5.2Na/c18-11-7-5-10(6-8-11)9-20-13-4-2-1-3-12(13)15(19-20)25-14(16(21)22)17(23)24;;/h1-8,14H,9H2,(H,21,22)(H,23,24);;/q;2*+1/p-2. The summed E-state index contributed by atoms with van der Waals surface area (Å²) in [4.78, 5) is 21.8. The van der Waals surface area contributed by atoms with Gasteiger partial charge in [-0.25, -0.2) is 0 Å². The van der Waals surface area contributed by atoms with Crippen molar-refractivity contribution in [2.45, 2.75) is 12.6 Å². The third-order valence-electron chi connectivity index (χ3n) is 3.53. The quantitative estimate of drug-likeness (QED) is 0.299.